The van der Waals surface area contributed by atoms with Crippen molar-refractivity contribution < 1.29 is 50.9 Å². The Morgan fingerprint density at radius 2 is 1.71 bits per heavy atom. The predicted molar refractivity (Wildman–Crippen MR) is 172 cm³/mol. The monoisotopic (exact) mass is 729 g/mol. The highest BCUT2D eigenvalue weighted by atomic mass is 35.5. The van der Waals surface area contributed by atoms with Crippen LogP contribution in [0.5, 0.6) is 0 Å². The molecule has 0 radical (unpaired) electrons. The van der Waals surface area contributed by atoms with Crippen LogP contribution in [0.1, 0.15) is 63.7 Å². The van der Waals surface area contributed by atoms with Gasteiger partial charge < -0.3 is 25.6 Å². The molecule has 1 heterocycles. The molecule has 1 saturated heterocycles. The molecule has 2 unspecified atom stereocenters. The predicted octanol–water partition coefficient (Wildman–Crippen LogP) is 4.44. The molecule has 3 aliphatic rings. The van der Waals surface area contributed by atoms with Crippen molar-refractivity contribution in [2.45, 2.75) is 86.9 Å². The summed E-state index contributed by atoms with van der Waals surface area (Å²) in [6, 6.07) is 3.65. The number of ether oxygens (including phenoxy) is 1. The normalized spacial score (nSPS) is 28.3. The fraction of sp³-hybridized carbons (Fsp3) is 0.545. The fourth-order valence-electron chi connectivity index (χ4n) is 7.38. The first-order valence-corrected chi connectivity index (χ1v) is 17.8. The lowest BCUT2D eigenvalue weighted by Crippen LogP contribution is -2.57. The summed E-state index contributed by atoms with van der Waals surface area (Å²) >= 11 is 6.32. The minimum absolute atomic E-state index is 0.0113. The van der Waals surface area contributed by atoms with E-state index in [-0.39, 0.29) is 59.4 Å². The van der Waals surface area contributed by atoms with Gasteiger partial charge in [0, 0.05) is 36.3 Å². The molecule has 0 aromatic heterocycles. The minimum atomic E-state index is -4.19. The van der Waals surface area contributed by atoms with Gasteiger partial charge in [0.1, 0.15) is 11.6 Å². The number of nitrogens with one attached hydrogen (secondary N) is 2. The molecule has 1 aliphatic heterocycles. The number of aliphatic hydroxyl groups excluding tert-OH is 1. The van der Waals surface area contributed by atoms with Crippen molar-refractivity contribution in [3.05, 3.63) is 58.4 Å². The number of carbonyl (C=O) groups excluding carboxylic acids is 3. The van der Waals surface area contributed by atoms with Crippen molar-refractivity contribution in [2.75, 3.05) is 18.4 Å². The molecule has 2 aliphatic carbocycles. The minimum Gasteiger partial charge on any atom is -0.444 e. The van der Waals surface area contributed by atoms with Crippen molar-refractivity contribution in [1.82, 2.24) is 10.2 Å². The molecule has 3 amide bonds. The van der Waals surface area contributed by atoms with Gasteiger partial charge in [0.2, 0.25) is 5.91 Å². The van der Waals surface area contributed by atoms with Gasteiger partial charge in [-0.3, -0.25) is 14.5 Å². The molecule has 2 aromatic carbocycles. The van der Waals surface area contributed by atoms with Crippen LogP contribution in [0.4, 0.5) is 23.7 Å². The van der Waals surface area contributed by atoms with Gasteiger partial charge in [-0.2, -0.15) is 0 Å². The van der Waals surface area contributed by atoms with E-state index in [1.807, 2.05) is 6.92 Å². The van der Waals surface area contributed by atoms with E-state index in [0.717, 1.165) is 11.0 Å². The zero-order chi connectivity index (χ0) is 36.2. The lowest BCUT2D eigenvalue weighted by atomic mass is 9.73. The molecular weight excluding hydrogens is 691 g/mol. The molecule has 3 fully saturated rings. The summed E-state index contributed by atoms with van der Waals surface area (Å²) in [6.45, 7) is 6.64. The molecule has 7 atom stereocenters. The van der Waals surface area contributed by atoms with Gasteiger partial charge in [0.15, 0.2) is 27.3 Å². The summed E-state index contributed by atoms with van der Waals surface area (Å²) < 4.78 is 74.0. The first-order valence-electron chi connectivity index (χ1n) is 15.9. The molecule has 11 nitrogen and oxygen atoms in total. The maximum atomic E-state index is 14.0. The van der Waals surface area contributed by atoms with Gasteiger partial charge in [0.05, 0.1) is 33.4 Å². The van der Waals surface area contributed by atoms with Crippen molar-refractivity contribution >= 4 is 45.0 Å². The molecule has 0 spiro atoms. The summed E-state index contributed by atoms with van der Waals surface area (Å²) in [7, 11) is -4.19. The quantitative estimate of drug-likeness (QED) is 0.304. The van der Waals surface area contributed by atoms with Crippen molar-refractivity contribution in [1.29, 1.82) is 0 Å². The van der Waals surface area contributed by atoms with Crippen LogP contribution in [0.2, 0.25) is 5.02 Å². The third kappa shape index (κ3) is 7.40. The third-order valence-corrected chi connectivity index (χ3v) is 12.3. The summed E-state index contributed by atoms with van der Waals surface area (Å²) in [5.74, 6) is -7.43. The van der Waals surface area contributed by atoms with Crippen LogP contribution in [0.3, 0.4) is 0 Å². The first kappa shape index (κ1) is 36.9. The summed E-state index contributed by atoms with van der Waals surface area (Å²) in [4.78, 5) is 39.7. The number of aliphatic hydroxyl groups is 2. The zero-order valence-corrected chi connectivity index (χ0v) is 28.9. The number of amides is 3. The van der Waals surface area contributed by atoms with E-state index in [4.69, 9.17) is 16.3 Å². The fourth-order valence-corrected chi connectivity index (χ4v) is 9.76. The number of carbonyl (C=O) groups is 3. The number of benzene rings is 2. The largest absolute Gasteiger partial charge is 0.444 e. The van der Waals surface area contributed by atoms with Gasteiger partial charge in [-0.1, -0.05) is 18.5 Å². The number of hydrogen-bond acceptors (Lipinski definition) is 8. The van der Waals surface area contributed by atoms with Gasteiger partial charge in [-0.25, -0.2) is 26.4 Å². The van der Waals surface area contributed by atoms with Crippen molar-refractivity contribution in [2.24, 2.45) is 17.8 Å². The molecule has 268 valence electrons. The van der Waals surface area contributed by atoms with E-state index in [9.17, 15) is 46.2 Å². The van der Waals surface area contributed by atoms with Crippen LogP contribution in [0.15, 0.2) is 35.2 Å². The van der Waals surface area contributed by atoms with Crippen molar-refractivity contribution in [3.63, 3.8) is 0 Å². The number of sulfone groups is 1. The van der Waals surface area contributed by atoms with Gasteiger partial charge in [0.25, 0.3) is 5.91 Å². The Morgan fingerprint density at radius 1 is 1.06 bits per heavy atom. The standard InChI is InChI=1S/C33H39ClF3N3O8S/c1-16-7-18-9-21(13-22(16)33(18,45)15-38-30(43)26-12-20(41)14-40(26)31(44)48-32(2,3)4)49(46,47)27-8-17(5-6-23(27)34)29(42)39-19-10-24(35)28(37)25(36)11-19/h5-6,8,10-11,16,18,20-22,26,41,45H,7,9,12-15H2,1-4H3,(H,38,43)(H,39,42)/t16-,18?,20+,21+,22?,26-,33+/m0/s1. The van der Waals surface area contributed by atoms with Crippen LogP contribution in [0, 0.1) is 35.2 Å². The summed E-state index contributed by atoms with van der Waals surface area (Å²) in [5.41, 5.74) is -2.85. The van der Waals surface area contributed by atoms with Crippen LogP contribution in [-0.4, -0.2) is 83.1 Å². The van der Waals surface area contributed by atoms with Crippen LogP contribution < -0.4 is 10.6 Å². The summed E-state index contributed by atoms with van der Waals surface area (Å²) in [6.07, 6.45) is -1.16. The number of anilines is 1. The molecule has 4 N–H and O–H groups in total. The Labute approximate surface area is 287 Å². The topological polar surface area (TPSA) is 162 Å². The Balaban J connectivity index is 1.30. The van der Waals surface area contributed by atoms with Gasteiger partial charge in [-0.15, -0.1) is 0 Å². The second-order valence-corrected chi connectivity index (χ2v) is 16.9. The van der Waals surface area contributed by atoms with Crippen LogP contribution >= 0.6 is 11.6 Å². The number of rotatable bonds is 7. The molecule has 2 bridgehead atoms. The van der Waals surface area contributed by atoms with E-state index in [1.54, 1.807) is 20.8 Å². The number of likely N-dealkylation sites (tertiary alicyclic amines) is 1. The zero-order valence-electron chi connectivity index (χ0n) is 27.3. The van der Waals surface area contributed by atoms with E-state index in [2.05, 4.69) is 10.6 Å². The SMILES string of the molecule is C[C@H]1CC2C[C@@H](S(=O)(=O)c3cc(C(=O)Nc4cc(F)c(F)c(F)c4)ccc3Cl)CC1[C@@]2(O)CNC(=O)[C@@H]1C[C@@H](O)CN1C(=O)OC(C)(C)C. The van der Waals surface area contributed by atoms with E-state index in [0.29, 0.717) is 18.6 Å². The second kappa shape index (κ2) is 13.4. The van der Waals surface area contributed by atoms with Crippen LogP contribution in [0.25, 0.3) is 0 Å². The maximum absolute atomic E-state index is 14.0. The van der Waals surface area contributed by atoms with Gasteiger partial charge in [-0.05, 0) is 76.0 Å². The average Bonchev–Trinajstić information content (AvgIpc) is 3.42. The second-order valence-electron chi connectivity index (χ2n) is 14.3. The Bertz CT molecular complexity index is 1750. The van der Waals surface area contributed by atoms with Gasteiger partial charge >= 0.3 is 6.09 Å². The molecule has 2 aromatic rings. The van der Waals surface area contributed by atoms with E-state index < -0.39 is 85.6 Å². The van der Waals surface area contributed by atoms with E-state index in [1.165, 1.54) is 12.1 Å². The molecule has 49 heavy (non-hydrogen) atoms. The molecule has 2 saturated carbocycles. The first-order chi connectivity index (χ1) is 22.7. The lowest BCUT2D eigenvalue weighted by Gasteiger charge is -2.43. The Kier molecular flexibility index (Phi) is 10.1. The number of halogens is 4. The maximum Gasteiger partial charge on any atom is 0.411 e. The molecule has 5 rings (SSSR count). The smallest absolute Gasteiger partial charge is 0.411 e. The molecular formula is C33H39ClF3N3O8S. The highest BCUT2D eigenvalue weighted by Gasteiger charge is 2.58. The Morgan fingerprint density at radius 3 is 2.33 bits per heavy atom. The highest BCUT2D eigenvalue weighted by molar-refractivity contribution is 7.92. The number of β-amino-alcohol motifs (C(OH)–C–C–N with tert-alkyl or cyclic N) is 1. The lowest BCUT2D eigenvalue weighted by molar-refractivity contribution is -0.128. The molecule has 16 heteroatoms. The van der Waals surface area contributed by atoms with Crippen molar-refractivity contribution in [3.8, 4) is 0 Å². The van der Waals surface area contributed by atoms with E-state index >= 15 is 0 Å². The highest BCUT2D eigenvalue weighted by Crippen LogP contribution is 2.54. The average molecular weight is 730 g/mol. The number of hydrogen-bond donors (Lipinski definition) is 4. The number of fused-ring (bicyclic) bond motifs is 2. The summed E-state index contributed by atoms with van der Waals surface area (Å²) in [5, 5.41) is 25.9. The number of nitrogens with zero attached hydrogens (tertiary/aromatic N) is 1. The van der Waals surface area contributed by atoms with Crippen LogP contribution in [-0.2, 0) is 19.4 Å². The Hall–Kier alpha value is -3.40. The third-order valence-electron chi connectivity index (χ3n) is 9.69.